The summed E-state index contributed by atoms with van der Waals surface area (Å²) in [5.41, 5.74) is 0. The first-order chi connectivity index (χ1) is 44.7. The van der Waals surface area contributed by atoms with Gasteiger partial charge < -0.3 is 65.2 Å². The molecule has 2 aliphatic rings. The van der Waals surface area contributed by atoms with Gasteiger partial charge in [-0.05, 0) is 129 Å². The van der Waals surface area contributed by atoms with E-state index < -0.39 is 182 Å². The average Bonchev–Trinajstić information content (AvgIpc) is 1.76. The highest BCUT2D eigenvalue weighted by Gasteiger charge is 2.50. The number of amides is 11. The number of nitrogens with one attached hydrogen (secondary N) is 3. The molecule has 0 radical (unpaired) electrons. The quantitative estimate of drug-likeness (QED) is 0.127. The number of hydrogen-bond acceptors (Lipinski definition) is 15. The van der Waals surface area contributed by atoms with Crippen LogP contribution in [0, 0.1) is 35.5 Å². The number of sulfone groups is 1. The van der Waals surface area contributed by atoms with Crippen LogP contribution in [0.4, 0.5) is 0 Å². The van der Waals surface area contributed by atoms with Gasteiger partial charge in [0.15, 0.2) is 9.84 Å². The molecule has 556 valence electrons. The second-order valence-corrected chi connectivity index (χ2v) is 32.6. The molecule has 0 aliphatic carbocycles. The molecule has 2 aliphatic heterocycles. The second-order valence-electron chi connectivity index (χ2n) is 30.0. The van der Waals surface area contributed by atoms with E-state index >= 15 is 33.6 Å². The summed E-state index contributed by atoms with van der Waals surface area (Å²) in [4.78, 5) is 177. The first-order valence-corrected chi connectivity index (χ1v) is 36.7. The van der Waals surface area contributed by atoms with E-state index in [1.54, 1.807) is 81.4 Å². The molecule has 0 aromatic heterocycles. The zero-order valence-electron chi connectivity index (χ0n) is 63.9. The molecule has 26 nitrogen and oxygen atoms in total. The predicted octanol–water partition coefficient (Wildman–Crippen LogP) is 3.63. The maximum absolute atomic E-state index is 15.6. The Hall–Kier alpha value is -6.22. The highest BCUT2D eigenvalue weighted by atomic mass is 32.2. The molecule has 0 aromatic carbocycles. The van der Waals surface area contributed by atoms with Gasteiger partial charge in [0.25, 0.3) is 0 Å². The van der Waals surface area contributed by atoms with Crippen molar-refractivity contribution in [1.29, 1.82) is 0 Å². The molecule has 14 atom stereocenters. The Labute approximate surface area is 581 Å². The topological polar surface area (TPSA) is 307 Å². The fourth-order valence-electron chi connectivity index (χ4n) is 13.2. The third-order valence-corrected chi connectivity index (χ3v) is 22.3. The summed E-state index contributed by atoms with van der Waals surface area (Å²) in [5, 5.41) is 20.7. The lowest BCUT2D eigenvalue weighted by Crippen LogP contribution is -2.64. The Morgan fingerprint density at radius 3 is 1.45 bits per heavy atom. The SMILES string of the molecule is C/C=C/C[C@@H](C)[C@@H](O)[C@@H]1C(=O)N[C@H](CC)C(=O)N(C)[C@H](CS(=O)(=O)C(C)(C)CN(CC)CC)C(=O)N(C)[C@@H](CC(C)C)C(=O)N[C@H](C(C)C)C(=O)N(C)[C@@H]2CC(C)N(C2=O)[C@H](C)C(=O)N[C@@H](C)C(=O)N(C)[C@H](CC(C)C)C(=O)N(C)[C@H](CC(C)C)C(=O)N(C)[C@H](C(C)C)C(=O)N1C. The Morgan fingerprint density at radius 2 is 0.990 bits per heavy atom. The van der Waals surface area contributed by atoms with Gasteiger partial charge >= 0.3 is 0 Å². The van der Waals surface area contributed by atoms with Crippen LogP contribution in [0.2, 0.25) is 0 Å². The van der Waals surface area contributed by atoms with Crippen LogP contribution < -0.4 is 16.0 Å². The monoisotopic (exact) mass is 1390 g/mol. The average molecular weight is 1390 g/mol. The molecule has 1 unspecified atom stereocenters. The van der Waals surface area contributed by atoms with Crippen LogP contribution in [0.5, 0.6) is 0 Å². The Kier molecular flexibility index (Phi) is 33.4. The molecule has 0 spiro atoms. The first kappa shape index (κ1) is 86.9. The zero-order chi connectivity index (χ0) is 75.1. The molecule has 2 rings (SSSR count). The van der Waals surface area contributed by atoms with Crippen molar-refractivity contribution in [1.82, 2.24) is 60.0 Å². The van der Waals surface area contributed by atoms with Crippen molar-refractivity contribution in [2.75, 3.05) is 74.7 Å². The zero-order valence-corrected chi connectivity index (χ0v) is 64.7. The molecule has 11 amide bonds. The number of carbonyl (C=O) groups is 11. The third-order valence-electron chi connectivity index (χ3n) is 19.7. The summed E-state index contributed by atoms with van der Waals surface area (Å²) < 4.78 is 28.5. The molecule has 2 bridgehead atoms. The molecule has 2 heterocycles. The highest BCUT2D eigenvalue weighted by Crippen LogP contribution is 2.30. The molecule has 4 N–H and O–H groups in total. The molecule has 97 heavy (non-hydrogen) atoms. The standard InChI is InChI=1S/C70H126N12O14S/c1-28-32-33-45(15)58(83)57-61(86)72-49(29-2)63(88)78(25)54(38-97(95,96)70(19,20)39-81(30-3)31-4)66(91)74(21)50(34-40(5)6)60(85)73-55(43(11)12)68(93)77(24)53-37-46(16)82(67(53)92)48(18)59(84)71-47(17)62(87)75(22)51(35-41(7)8)64(89)76(23)52(36-42(9)10)65(90)79(26)56(44(13)14)69(94)80(57)27/h28,32,40-58,83H,29-31,33-39H2,1-27H3,(H,71,84)(H,72,86)(H,73,85)/b32-28+/t45-,46?,47+,48-,49-,50+,51-,52-,53-,54-,55-,56-,57-,58-/m1/s1. The van der Waals surface area contributed by atoms with Crippen molar-refractivity contribution in [3.05, 3.63) is 12.2 Å². The van der Waals surface area contributed by atoms with Crippen molar-refractivity contribution in [3.63, 3.8) is 0 Å². The smallest absolute Gasteiger partial charge is 0.246 e. The highest BCUT2D eigenvalue weighted by molar-refractivity contribution is 7.92. The molecule has 27 heteroatoms. The minimum absolute atomic E-state index is 0.00848. The number of aliphatic hydroxyl groups excluding tert-OH is 1. The van der Waals surface area contributed by atoms with E-state index in [0.29, 0.717) is 13.1 Å². The van der Waals surface area contributed by atoms with E-state index in [1.807, 2.05) is 46.4 Å². The van der Waals surface area contributed by atoms with Gasteiger partial charge in [-0.15, -0.1) is 0 Å². The van der Waals surface area contributed by atoms with Crippen LogP contribution >= 0.6 is 0 Å². The summed E-state index contributed by atoms with van der Waals surface area (Å²) in [7, 11) is 5.20. The lowest BCUT2D eigenvalue weighted by atomic mass is 9.91. The minimum atomic E-state index is -4.39. The third kappa shape index (κ3) is 21.6. The fraction of sp³-hybridized carbons (Fsp3) is 0.814. The van der Waals surface area contributed by atoms with Crippen molar-refractivity contribution in [2.24, 2.45) is 35.5 Å². The summed E-state index contributed by atoms with van der Waals surface area (Å²) >= 11 is 0. The van der Waals surface area contributed by atoms with Crippen LogP contribution in [-0.4, -0.2) is 281 Å². The number of carbonyl (C=O) groups excluding carboxylic acids is 11. The summed E-state index contributed by atoms with van der Waals surface area (Å²) in [5.74, 6) is -11.8. The number of aliphatic hydroxyl groups is 1. The van der Waals surface area contributed by atoms with E-state index in [9.17, 15) is 32.7 Å². The van der Waals surface area contributed by atoms with Gasteiger partial charge in [0.1, 0.15) is 66.5 Å². The summed E-state index contributed by atoms with van der Waals surface area (Å²) in [6.45, 7) is 35.4. The van der Waals surface area contributed by atoms with Gasteiger partial charge in [-0.2, -0.15) is 0 Å². The molecular formula is C70H126N12O14S. The lowest BCUT2D eigenvalue weighted by molar-refractivity contribution is -0.157. The van der Waals surface area contributed by atoms with Gasteiger partial charge in [-0.25, -0.2) is 8.42 Å². The number of nitrogens with zero attached hydrogens (tertiary/aromatic N) is 9. The number of hydrogen-bond donors (Lipinski definition) is 4. The van der Waals surface area contributed by atoms with Crippen LogP contribution in [-0.2, 0) is 62.6 Å². The largest absolute Gasteiger partial charge is 0.390 e. The van der Waals surface area contributed by atoms with E-state index in [1.165, 1.54) is 102 Å². The van der Waals surface area contributed by atoms with Gasteiger partial charge in [0.05, 0.1) is 16.6 Å². The molecule has 2 saturated heterocycles. The van der Waals surface area contributed by atoms with Crippen molar-refractivity contribution in [2.45, 2.75) is 260 Å². The van der Waals surface area contributed by atoms with E-state index in [0.717, 1.165) is 14.7 Å². The number of fused-ring (bicyclic) bond motifs is 2. The molecule has 0 aromatic rings. The van der Waals surface area contributed by atoms with Crippen LogP contribution in [0.25, 0.3) is 0 Å². The first-order valence-electron chi connectivity index (χ1n) is 35.0. The predicted molar refractivity (Wildman–Crippen MR) is 376 cm³/mol. The Morgan fingerprint density at radius 1 is 0.536 bits per heavy atom. The van der Waals surface area contributed by atoms with E-state index in [2.05, 4.69) is 16.0 Å². The maximum Gasteiger partial charge on any atom is 0.246 e. The van der Waals surface area contributed by atoms with Crippen molar-refractivity contribution in [3.8, 4) is 0 Å². The van der Waals surface area contributed by atoms with Gasteiger partial charge in [0.2, 0.25) is 65.0 Å². The fourth-order valence-corrected chi connectivity index (χ4v) is 14.8. The summed E-state index contributed by atoms with van der Waals surface area (Å²) in [6.07, 6.45) is 2.34. The Balaban J connectivity index is 3.21. The van der Waals surface area contributed by atoms with Crippen molar-refractivity contribution < 1.29 is 66.3 Å². The van der Waals surface area contributed by atoms with Gasteiger partial charge in [0, 0.05) is 61.9 Å². The maximum atomic E-state index is 15.6. The molecular weight excluding hydrogens is 1260 g/mol. The Bertz CT molecular complexity index is 2880. The van der Waals surface area contributed by atoms with Crippen LogP contribution in [0.3, 0.4) is 0 Å². The van der Waals surface area contributed by atoms with Gasteiger partial charge in [-0.1, -0.05) is 109 Å². The lowest BCUT2D eigenvalue weighted by Gasteiger charge is -2.42. The number of allylic oxidation sites excluding steroid dienone is 2. The molecule has 2 fully saturated rings. The van der Waals surface area contributed by atoms with E-state index in [-0.39, 0.29) is 62.8 Å². The minimum Gasteiger partial charge on any atom is -0.390 e. The van der Waals surface area contributed by atoms with Crippen LogP contribution in [0.15, 0.2) is 12.2 Å². The second kappa shape index (κ2) is 37.3. The number of likely N-dealkylation sites (N-methyl/N-ethyl adjacent to an activating group) is 7. The number of rotatable bonds is 20. The molecule has 0 saturated carbocycles. The van der Waals surface area contributed by atoms with E-state index in [4.69, 9.17) is 0 Å². The summed E-state index contributed by atoms with van der Waals surface area (Å²) in [6, 6.07) is -15.6. The van der Waals surface area contributed by atoms with Gasteiger partial charge in [-0.3, -0.25) is 52.7 Å². The van der Waals surface area contributed by atoms with Crippen molar-refractivity contribution >= 4 is 74.8 Å². The normalized spacial score (nSPS) is 27.5. The van der Waals surface area contributed by atoms with Crippen LogP contribution in [0.1, 0.15) is 177 Å².